The van der Waals surface area contributed by atoms with Crippen LogP contribution in [0.15, 0.2) is 40.9 Å². The van der Waals surface area contributed by atoms with Crippen LogP contribution >= 0.6 is 0 Å². The Morgan fingerprint density at radius 2 is 2.47 bits per heavy atom. The van der Waals surface area contributed by atoms with Crippen molar-refractivity contribution in [3.05, 3.63) is 36.4 Å². The van der Waals surface area contributed by atoms with Gasteiger partial charge in [0, 0.05) is 6.07 Å². The Morgan fingerprint density at radius 1 is 1.60 bits per heavy atom. The predicted octanol–water partition coefficient (Wildman–Crippen LogP) is 0.988. The minimum atomic E-state index is -0.635. The van der Waals surface area contributed by atoms with Gasteiger partial charge in [0.25, 0.3) is 0 Å². The van der Waals surface area contributed by atoms with Crippen molar-refractivity contribution in [3.63, 3.8) is 0 Å². The molecular weight excluding hydrogens is 198 g/mol. The number of aromatic nitrogens is 1. The molecule has 0 aromatic carbocycles. The van der Waals surface area contributed by atoms with E-state index in [1.807, 2.05) is 0 Å². The number of hydrogen-bond acceptors (Lipinski definition) is 4. The Labute approximate surface area is 85.6 Å². The van der Waals surface area contributed by atoms with Gasteiger partial charge in [0.2, 0.25) is 5.88 Å². The van der Waals surface area contributed by atoms with Gasteiger partial charge in [0.15, 0.2) is 0 Å². The van der Waals surface area contributed by atoms with Crippen molar-refractivity contribution in [2.75, 3.05) is 11.5 Å². The maximum atomic E-state index is 11.2. The average molecular weight is 207 g/mol. The number of anilines is 1. The number of nitrogens with zero attached hydrogens (tertiary/aromatic N) is 2. The molecule has 0 unspecified atom stereocenters. The predicted molar refractivity (Wildman–Crippen MR) is 51.7 cm³/mol. The van der Waals surface area contributed by atoms with Crippen molar-refractivity contribution in [2.45, 2.75) is 0 Å². The van der Waals surface area contributed by atoms with Crippen LogP contribution in [0.5, 0.6) is 0 Å². The van der Waals surface area contributed by atoms with E-state index in [1.165, 1.54) is 17.4 Å². The van der Waals surface area contributed by atoms with E-state index in [1.54, 1.807) is 18.2 Å². The molecule has 1 aliphatic rings. The third-order valence-electron chi connectivity index (χ3n) is 1.85. The quantitative estimate of drug-likeness (QED) is 0.783. The highest BCUT2D eigenvalue weighted by Gasteiger charge is 2.19. The van der Waals surface area contributed by atoms with Gasteiger partial charge in [-0.1, -0.05) is 5.16 Å². The zero-order valence-corrected chi connectivity index (χ0v) is 7.79. The molecule has 15 heavy (non-hydrogen) atoms. The van der Waals surface area contributed by atoms with E-state index >= 15 is 0 Å². The SMILES string of the molecule is NC(=O)N(C1=CCOC=C1)c1ccno1. The molecule has 0 radical (unpaired) electrons. The van der Waals surface area contributed by atoms with Crippen molar-refractivity contribution in [3.8, 4) is 0 Å². The van der Waals surface area contributed by atoms with Crippen LogP contribution in [-0.2, 0) is 4.74 Å². The molecule has 1 aromatic heterocycles. The second kappa shape index (κ2) is 3.87. The fraction of sp³-hybridized carbons (Fsp3) is 0.111. The monoisotopic (exact) mass is 207 g/mol. The summed E-state index contributed by atoms with van der Waals surface area (Å²) in [6.07, 6.45) is 6.26. The molecule has 2 N–H and O–H groups in total. The van der Waals surface area contributed by atoms with Gasteiger partial charge in [-0.3, -0.25) is 0 Å². The second-order valence-electron chi connectivity index (χ2n) is 2.79. The van der Waals surface area contributed by atoms with Gasteiger partial charge in [-0.2, -0.15) is 0 Å². The first-order chi connectivity index (χ1) is 7.29. The summed E-state index contributed by atoms with van der Waals surface area (Å²) in [5.41, 5.74) is 5.84. The molecule has 1 aliphatic heterocycles. The van der Waals surface area contributed by atoms with E-state index in [9.17, 15) is 4.79 Å². The van der Waals surface area contributed by atoms with Crippen molar-refractivity contribution in [1.29, 1.82) is 0 Å². The number of urea groups is 1. The number of primary amides is 1. The minimum absolute atomic E-state index is 0.278. The normalized spacial score (nSPS) is 14.3. The standard InChI is InChI=1S/C9H9N3O3/c10-9(13)12(8-1-4-11-15-8)7-2-5-14-6-3-7/h1-5H,6H2,(H2,10,13). The lowest BCUT2D eigenvalue weighted by atomic mass is 10.3. The van der Waals surface area contributed by atoms with Gasteiger partial charge < -0.3 is 15.0 Å². The van der Waals surface area contributed by atoms with Crippen molar-refractivity contribution < 1.29 is 14.1 Å². The number of carbonyl (C=O) groups is 1. The van der Waals surface area contributed by atoms with Gasteiger partial charge >= 0.3 is 6.03 Å². The van der Waals surface area contributed by atoms with E-state index < -0.39 is 6.03 Å². The number of nitrogens with two attached hydrogens (primary N) is 1. The fourth-order valence-corrected chi connectivity index (χ4v) is 1.23. The summed E-state index contributed by atoms with van der Waals surface area (Å²) in [6, 6.07) is 0.916. The lowest BCUT2D eigenvalue weighted by Gasteiger charge is -2.19. The van der Waals surface area contributed by atoms with E-state index in [-0.39, 0.29) is 5.88 Å². The first kappa shape index (κ1) is 9.32. The lowest BCUT2D eigenvalue weighted by molar-refractivity contribution is 0.253. The van der Waals surface area contributed by atoms with Gasteiger partial charge in [-0.25, -0.2) is 9.69 Å². The van der Waals surface area contributed by atoms with Crippen LogP contribution in [0.4, 0.5) is 10.7 Å². The highest BCUT2D eigenvalue weighted by molar-refractivity contribution is 5.93. The largest absolute Gasteiger partial charge is 0.497 e. The third kappa shape index (κ3) is 1.83. The summed E-state index contributed by atoms with van der Waals surface area (Å²) >= 11 is 0. The van der Waals surface area contributed by atoms with Crippen molar-refractivity contribution >= 4 is 11.9 Å². The van der Waals surface area contributed by atoms with Crippen LogP contribution in [0.25, 0.3) is 0 Å². The molecule has 6 nitrogen and oxygen atoms in total. The topological polar surface area (TPSA) is 81.6 Å². The Bertz CT molecular complexity index is 408. The first-order valence-corrected chi connectivity index (χ1v) is 4.27. The Morgan fingerprint density at radius 3 is 3.00 bits per heavy atom. The molecule has 0 spiro atoms. The molecule has 78 valence electrons. The van der Waals surface area contributed by atoms with Crippen molar-refractivity contribution in [1.82, 2.24) is 5.16 Å². The highest BCUT2D eigenvalue weighted by atomic mass is 16.5. The summed E-state index contributed by atoms with van der Waals surface area (Å²) in [6.45, 7) is 0.393. The fourth-order valence-electron chi connectivity index (χ4n) is 1.23. The van der Waals surface area contributed by atoms with Crippen LogP contribution in [0, 0.1) is 0 Å². The highest BCUT2D eigenvalue weighted by Crippen LogP contribution is 2.20. The number of ether oxygens (including phenoxy) is 1. The van der Waals surface area contributed by atoms with Gasteiger partial charge in [0.05, 0.1) is 18.2 Å². The molecule has 0 bridgehead atoms. The molecule has 2 rings (SSSR count). The van der Waals surface area contributed by atoms with Crippen LogP contribution in [0.3, 0.4) is 0 Å². The Kier molecular flexibility index (Phi) is 2.40. The average Bonchev–Trinajstić information content (AvgIpc) is 2.72. The third-order valence-corrected chi connectivity index (χ3v) is 1.85. The smallest absolute Gasteiger partial charge is 0.326 e. The summed E-state index contributed by atoms with van der Waals surface area (Å²) in [7, 11) is 0. The van der Waals surface area contributed by atoms with Crippen LogP contribution in [0.2, 0.25) is 0 Å². The maximum Gasteiger partial charge on any atom is 0.326 e. The molecule has 1 aromatic rings. The summed E-state index contributed by atoms with van der Waals surface area (Å²) in [4.78, 5) is 12.5. The summed E-state index contributed by atoms with van der Waals surface area (Å²) < 4.78 is 9.83. The van der Waals surface area contributed by atoms with Gasteiger partial charge in [-0.05, 0) is 12.2 Å². The molecule has 0 fully saturated rings. The number of rotatable bonds is 2. The number of hydrogen-bond donors (Lipinski definition) is 1. The molecule has 0 aliphatic carbocycles. The summed E-state index contributed by atoms with van der Waals surface area (Å²) in [5.74, 6) is 0.278. The first-order valence-electron chi connectivity index (χ1n) is 4.27. The maximum absolute atomic E-state index is 11.2. The lowest BCUT2D eigenvalue weighted by Crippen LogP contribution is -2.34. The van der Waals surface area contributed by atoms with Gasteiger partial charge in [0.1, 0.15) is 6.61 Å². The number of allylic oxidation sites excluding steroid dienone is 1. The van der Waals surface area contributed by atoms with E-state index in [2.05, 4.69) is 5.16 Å². The van der Waals surface area contributed by atoms with Crippen LogP contribution < -0.4 is 10.6 Å². The molecule has 0 atom stereocenters. The van der Waals surface area contributed by atoms with Gasteiger partial charge in [-0.15, -0.1) is 0 Å². The molecule has 0 saturated carbocycles. The number of carbonyl (C=O) groups excluding carboxylic acids is 1. The molecule has 2 heterocycles. The molecule has 6 heteroatoms. The van der Waals surface area contributed by atoms with E-state index in [4.69, 9.17) is 15.0 Å². The molecule has 2 amide bonds. The zero-order chi connectivity index (χ0) is 10.7. The van der Waals surface area contributed by atoms with Crippen LogP contribution in [0.1, 0.15) is 0 Å². The Hall–Kier alpha value is -2.24. The second-order valence-corrected chi connectivity index (χ2v) is 2.79. The zero-order valence-electron chi connectivity index (χ0n) is 7.79. The number of amides is 2. The van der Waals surface area contributed by atoms with Crippen LogP contribution in [-0.4, -0.2) is 17.8 Å². The van der Waals surface area contributed by atoms with Crippen molar-refractivity contribution in [2.24, 2.45) is 5.73 Å². The van der Waals surface area contributed by atoms with E-state index in [0.29, 0.717) is 12.3 Å². The molecular formula is C9H9N3O3. The molecule has 0 saturated heterocycles. The summed E-state index contributed by atoms with van der Waals surface area (Å²) in [5, 5.41) is 3.51. The minimum Gasteiger partial charge on any atom is -0.497 e. The Balaban J connectivity index is 2.32. The van der Waals surface area contributed by atoms with E-state index in [0.717, 1.165) is 0 Å².